The van der Waals surface area contributed by atoms with Gasteiger partial charge in [-0.05, 0) is 36.5 Å². The van der Waals surface area contributed by atoms with Gasteiger partial charge in [-0.1, -0.05) is 6.07 Å². The standard InChI is InChI=1S/C10H12FNO/c11-8-4-3-7(5-9(8)12)10(13)6-1-2-6/h3-6,10,13H,1-2,12H2/t10-/m1/s1. The van der Waals surface area contributed by atoms with Gasteiger partial charge in [-0.15, -0.1) is 0 Å². The molecule has 1 aliphatic rings. The highest BCUT2D eigenvalue weighted by Gasteiger charge is 2.30. The van der Waals surface area contributed by atoms with Gasteiger partial charge in [-0.3, -0.25) is 0 Å². The van der Waals surface area contributed by atoms with Gasteiger partial charge < -0.3 is 10.8 Å². The fourth-order valence-corrected chi connectivity index (χ4v) is 1.43. The van der Waals surface area contributed by atoms with Crippen LogP contribution in [0.1, 0.15) is 24.5 Å². The quantitative estimate of drug-likeness (QED) is 0.684. The van der Waals surface area contributed by atoms with Crippen LogP contribution in [-0.4, -0.2) is 5.11 Å². The lowest BCUT2D eigenvalue weighted by Crippen LogP contribution is -2.01. The Labute approximate surface area is 76.2 Å². The first-order chi connectivity index (χ1) is 6.18. The summed E-state index contributed by atoms with van der Waals surface area (Å²) in [6.07, 6.45) is 1.64. The van der Waals surface area contributed by atoms with Crippen molar-refractivity contribution in [2.75, 3.05) is 5.73 Å². The molecule has 1 fully saturated rings. The Morgan fingerprint density at radius 2 is 2.15 bits per heavy atom. The molecule has 1 aromatic rings. The average Bonchev–Trinajstić information content (AvgIpc) is 2.91. The Morgan fingerprint density at radius 3 is 2.69 bits per heavy atom. The van der Waals surface area contributed by atoms with Gasteiger partial charge in [0.05, 0.1) is 11.8 Å². The molecule has 70 valence electrons. The van der Waals surface area contributed by atoms with E-state index >= 15 is 0 Å². The van der Waals surface area contributed by atoms with Crippen LogP contribution in [0.3, 0.4) is 0 Å². The molecule has 2 nitrogen and oxygen atoms in total. The SMILES string of the molecule is Nc1cc([C@H](O)C2CC2)ccc1F. The van der Waals surface area contributed by atoms with E-state index in [9.17, 15) is 9.50 Å². The number of aliphatic hydroxyl groups excluding tert-OH is 1. The molecule has 0 aromatic heterocycles. The molecule has 0 spiro atoms. The maximum Gasteiger partial charge on any atom is 0.146 e. The van der Waals surface area contributed by atoms with Crippen molar-refractivity contribution < 1.29 is 9.50 Å². The van der Waals surface area contributed by atoms with Crippen molar-refractivity contribution in [2.24, 2.45) is 5.92 Å². The first kappa shape index (κ1) is 8.51. The van der Waals surface area contributed by atoms with Crippen LogP contribution in [0.25, 0.3) is 0 Å². The van der Waals surface area contributed by atoms with Gasteiger partial charge in [-0.25, -0.2) is 4.39 Å². The molecule has 0 unspecified atom stereocenters. The van der Waals surface area contributed by atoms with Crippen molar-refractivity contribution in [3.05, 3.63) is 29.6 Å². The van der Waals surface area contributed by atoms with Crippen LogP contribution >= 0.6 is 0 Å². The van der Waals surface area contributed by atoms with Crippen molar-refractivity contribution in [1.82, 2.24) is 0 Å². The summed E-state index contributed by atoms with van der Waals surface area (Å²) >= 11 is 0. The number of anilines is 1. The second kappa shape index (κ2) is 3.00. The highest BCUT2D eigenvalue weighted by atomic mass is 19.1. The number of nitrogen functional groups attached to an aromatic ring is 1. The average molecular weight is 181 g/mol. The summed E-state index contributed by atoms with van der Waals surface area (Å²) in [5.74, 6) is -0.0726. The topological polar surface area (TPSA) is 46.2 Å². The lowest BCUT2D eigenvalue weighted by atomic mass is 10.0. The monoisotopic (exact) mass is 181 g/mol. The Hall–Kier alpha value is -1.09. The zero-order valence-corrected chi connectivity index (χ0v) is 7.20. The molecule has 0 amide bonds. The molecule has 1 aliphatic carbocycles. The summed E-state index contributed by atoms with van der Waals surface area (Å²) in [5, 5.41) is 9.70. The Balaban J connectivity index is 2.24. The maximum absolute atomic E-state index is 12.8. The van der Waals surface area contributed by atoms with Gasteiger partial charge in [0.2, 0.25) is 0 Å². The van der Waals surface area contributed by atoms with Crippen LogP contribution in [-0.2, 0) is 0 Å². The third kappa shape index (κ3) is 1.65. The number of hydrogen-bond acceptors (Lipinski definition) is 2. The summed E-state index contributed by atoms with van der Waals surface area (Å²) in [6.45, 7) is 0. The maximum atomic E-state index is 12.8. The lowest BCUT2D eigenvalue weighted by Gasteiger charge is -2.09. The number of nitrogens with two attached hydrogens (primary N) is 1. The van der Waals surface area contributed by atoms with E-state index in [1.54, 1.807) is 6.07 Å². The fourth-order valence-electron chi connectivity index (χ4n) is 1.43. The van der Waals surface area contributed by atoms with Gasteiger partial charge in [0.25, 0.3) is 0 Å². The Morgan fingerprint density at radius 1 is 1.46 bits per heavy atom. The highest BCUT2D eigenvalue weighted by molar-refractivity contribution is 5.43. The zero-order valence-electron chi connectivity index (χ0n) is 7.20. The lowest BCUT2D eigenvalue weighted by molar-refractivity contribution is 0.154. The second-order valence-electron chi connectivity index (χ2n) is 3.56. The minimum absolute atomic E-state index is 0.109. The van der Waals surface area contributed by atoms with Crippen LogP contribution in [0.4, 0.5) is 10.1 Å². The number of aliphatic hydroxyl groups is 1. The van der Waals surface area contributed by atoms with Crippen LogP contribution in [0.2, 0.25) is 0 Å². The zero-order chi connectivity index (χ0) is 9.42. The Kier molecular flexibility index (Phi) is 1.96. The van der Waals surface area contributed by atoms with Crippen LogP contribution in [0, 0.1) is 11.7 Å². The molecule has 2 rings (SSSR count). The minimum Gasteiger partial charge on any atom is -0.396 e. The highest BCUT2D eigenvalue weighted by Crippen LogP contribution is 2.41. The van der Waals surface area contributed by atoms with Gasteiger partial charge in [0.15, 0.2) is 0 Å². The van der Waals surface area contributed by atoms with E-state index in [1.807, 2.05) is 0 Å². The van der Waals surface area contributed by atoms with Crippen LogP contribution in [0.15, 0.2) is 18.2 Å². The Bertz CT molecular complexity index is 323. The number of rotatable bonds is 2. The van der Waals surface area contributed by atoms with Gasteiger partial charge >= 0.3 is 0 Å². The van der Waals surface area contributed by atoms with Crippen LogP contribution in [0.5, 0.6) is 0 Å². The van der Waals surface area contributed by atoms with E-state index < -0.39 is 11.9 Å². The first-order valence-corrected chi connectivity index (χ1v) is 4.41. The van der Waals surface area contributed by atoms with Crippen molar-refractivity contribution >= 4 is 5.69 Å². The molecule has 3 N–H and O–H groups in total. The summed E-state index contributed by atoms with van der Waals surface area (Å²) in [4.78, 5) is 0. The van der Waals surface area contributed by atoms with Crippen molar-refractivity contribution in [3.8, 4) is 0 Å². The van der Waals surface area contributed by atoms with Crippen LogP contribution < -0.4 is 5.73 Å². The third-order valence-corrected chi connectivity index (χ3v) is 2.43. The number of benzene rings is 1. The molecule has 0 saturated heterocycles. The molecule has 13 heavy (non-hydrogen) atoms. The van der Waals surface area contributed by atoms with Gasteiger partial charge in [0.1, 0.15) is 5.82 Å². The summed E-state index contributed by atoms with van der Waals surface area (Å²) in [6, 6.07) is 4.41. The number of halogens is 1. The fraction of sp³-hybridized carbons (Fsp3) is 0.400. The summed E-state index contributed by atoms with van der Waals surface area (Å²) in [7, 11) is 0. The predicted octanol–water partition coefficient (Wildman–Crippen LogP) is 1.85. The molecule has 0 radical (unpaired) electrons. The molecule has 3 heteroatoms. The normalized spacial score (nSPS) is 18.6. The predicted molar refractivity (Wildman–Crippen MR) is 48.5 cm³/mol. The van der Waals surface area contributed by atoms with E-state index in [2.05, 4.69) is 0 Å². The third-order valence-electron chi connectivity index (χ3n) is 2.43. The van der Waals surface area contributed by atoms with Crippen molar-refractivity contribution in [1.29, 1.82) is 0 Å². The van der Waals surface area contributed by atoms with E-state index in [0.29, 0.717) is 5.92 Å². The van der Waals surface area contributed by atoms with E-state index in [4.69, 9.17) is 5.73 Å². The summed E-state index contributed by atoms with van der Waals surface area (Å²) in [5.41, 5.74) is 6.22. The molecule has 1 saturated carbocycles. The smallest absolute Gasteiger partial charge is 0.146 e. The van der Waals surface area contributed by atoms with E-state index in [0.717, 1.165) is 18.4 Å². The van der Waals surface area contributed by atoms with E-state index in [-0.39, 0.29) is 5.69 Å². The molecule has 1 atom stereocenters. The molecule has 1 aromatic carbocycles. The van der Waals surface area contributed by atoms with E-state index in [1.165, 1.54) is 12.1 Å². The van der Waals surface area contributed by atoms with Crippen molar-refractivity contribution in [3.63, 3.8) is 0 Å². The minimum atomic E-state index is -0.470. The summed E-state index contributed by atoms with van der Waals surface area (Å²) < 4.78 is 12.8. The first-order valence-electron chi connectivity index (χ1n) is 4.41. The van der Waals surface area contributed by atoms with Gasteiger partial charge in [0, 0.05) is 0 Å². The number of hydrogen-bond donors (Lipinski definition) is 2. The largest absolute Gasteiger partial charge is 0.396 e. The molecular weight excluding hydrogens is 169 g/mol. The van der Waals surface area contributed by atoms with Gasteiger partial charge in [-0.2, -0.15) is 0 Å². The molecular formula is C10H12FNO. The second-order valence-corrected chi connectivity index (χ2v) is 3.56. The van der Waals surface area contributed by atoms with Crippen molar-refractivity contribution in [2.45, 2.75) is 18.9 Å². The molecule has 0 aliphatic heterocycles. The molecule has 0 heterocycles. The molecule has 0 bridgehead atoms.